The van der Waals surface area contributed by atoms with Crippen molar-refractivity contribution in [1.29, 1.82) is 0 Å². The first-order valence-electron chi connectivity index (χ1n) is 6.11. The van der Waals surface area contributed by atoms with Gasteiger partial charge in [0.15, 0.2) is 0 Å². The topological polar surface area (TPSA) is 80.9 Å². The first-order chi connectivity index (χ1) is 9.74. The molecule has 1 amide bonds. The zero-order valence-electron chi connectivity index (χ0n) is 10.6. The van der Waals surface area contributed by atoms with Crippen LogP contribution in [0.2, 0.25) is 0 Å². The molecule has 0 saturated carbocycles. The van der Waals surface area contributed by atoms with Crippen LogP contribution in [0.1, 0.15) is 10.4 Å². The van der Waals surface area contributed by atoms with Crippen LogP contribution in [-0.2, 0) is 0 Å². The van der Waals surface area contributed by atoms with Crippen molar-refractivity contribution in [1.82, 2.24) is 9.97 Å². The second-order valence-electron chi connectivity index (χ2n) is 4.30. The van der Waals surface area contributed by atoms with Gasteiger partial charge in [-0.15, -0.1) is 0 Å². The molecule has 2 heterocycles. The molecule has 0 bridgehead atoms. The summed E-state index contributed by atoms with van der Waals surface area (Å²) in [5, 5.41) is 3.61. The molecule has 0 saturated heterocycles. The van der Waals surface area contributed by atoms with Crippen molar-refractivity contribution in [2.24, 2.45) is 0 Å². The Bertz CT molecular complexity index is 763. The minimum atomic E-state index is -0.199. The van der Waals surface area contributed by atoms with E-state index in [0.29, 0.717) is 17.1 Å². The Morgan fingerprint density at radius 3 is 2.75 bits per heavy atom. The first-order valence-corrected chi connectivity index (χ1v) is 6.11. The van der Waals surface area contributed by atoms with E-state index >= 15 is 0 Å². The summed E-state index contributed by atoms with van der Waals surface area (Å²) in [4.78, 5) is 20.5. The molecular formula is C15H12N4O. The molecule has 0 aliphatic heterocycles. The Balaban J connectivity index is 1.94. The normalized spacial score (nSPS) is 10.4. The van der Waals surface area contributed by atoms with Crippen molar-refractivity contribution < 1.29 is 4.79 Å². The molecule has 0 aliphatic carbocycles. The molecule has 0 unspecified atom stereocenters. The van der Waals surface area contributed by atoms with E-state index in [0.717, 1.165) is 10.9 Å². The molecule has 3 N–H and O–H groups in total. The van der Waals surface area contributed by atoms with Gasteiger partial charge in [0.1, 0.15) is 5.82 Å². The van der Waals surface area contributed by atoms with Gasteiger partial charge in [0, 0.05) is 17.1 Å². The van der Waals surface area contributed by atoms with E-state index < -0.39 is 0 Å². The van der Waals surface area contributed by atoms with Gasteiger partial charge in [-0.1, -0.05) is 12.1 Å². The Morgan fingerprint density at radius 1 is 1.05 bits per heavy atom. The SMILES string of the molecule is Nc1ccc(NC(=O)c2cccc3ncccc23)cn1. The minimum Gasteiger partial charge on any atom is -0.384 e. The number of pyridine rings is 2. The van der Waals surface area contributed by atoms with Gasteiger partial charge in [-0.05, 0) is 30.3 Å². The van der Waals surface area contributed by atoms with E-state index in [-0.39, 0.29) is 5.91 Å². The molecule has 0 fully saturated rings. The number of hydrogen-bond acceptors (Lipinski definition) is 4. The van der Waals surface area contributed by atoms with Crippen LogP contribution in [0, 0.1) is 0 Å². The smallest absolute Gasteiger partial charge is 0.256 e. The molecule has 2 aromatic heterocycles. The van der Waals surface area contributed by atoms with Crippen LogP contribution in [0.15, 0.2) is 54.9 Å². The number of carbonyl (C=O) groups is 1. The number of nitrogens with zero attached hydrogens (tertiary/aromatic N) is 2. The van der Waals surface area contributed by atoms with E-state index in [4.69, 9.17) is 5.73 Å². The van der Waals surface area contributed by atoms with Gasteiger partial charge in [0.25, 0.3) is 5.91 Å². The standard InChI is InChI=1S/C15H12N4O/c16-14-7-6-10(9-18-14)19-15(20)12-3-1-5-13-11(12)4-2-8-17-13/h1-9H,(H2,16,18)(H,19,20). The maximum Gasteiger partial charge on any atom is 0.256 e. The lowest BCUT2D eigenvalue weighted by atomic mass is 10.1. The van der Waals surface area contributed by atoms with Crippen LogP contribution < -0.4 is 11.1 Å². The monoisotopic (exact) mass is 264 g/mol. The number of nitrogen functional groups attached to an aromatic ring is 1. The molecule has 1 aromatic carbocycles. The van der Waals surface area contributed by atoms with Gasteiger partial charge in [0.2, 0.25) is 0 Å². The molecular weight excluding hydrogens is 252 g/mol. The van der Waals surface area contributed by atoms with Crippen LogP contribution >= 0.6 is 0 Å². The number of amides is 1. The number of anilines is 2. The van der Waals surface area contributed by atoms with Gasteiger partial charge in [-0.3, -0.25) is 9.78 Å². The van der Waals surface area contributed by atoms with Gasteiger partial charge < -0.3 is 11.1 Å². The Hall–Kier alpha value is -2.95. The number of benzene rings is 1. The predicted octanol–water partition coefficient (Wildman–Crippen LogP) is 2.46. The van der Waals surface area contributed by atoms with Gasteiger partial charge >= 0.3 is 0 Å². The van der Waals surface area contributed by atoms with E-state index in [1.807, 2.05) is 24.3 Å². The first kappa shape index (κ1) is 12.1. The van der Waals surface area contributed by atoms with Crippen molar-refractivity contribution in [3.8, 4) is 0 Å². The Kier molecular flexibility index (Phi) is 3.01. The summed E-state index contributed by atoms with van der Waals surface area (Å²) in [6.45, 7) is 0. The molecule has 98 valence electrons. The highest BCUT2D eigenvalue weighted by molar-refractivity contribution is 6.12. The van der Waals surface area contributed by atoms with E-state index in [9.17, 15) is 4.79 Å². The Labute approximate surface area is 115 Å². The van der Waals surface area contributed by atoms with Crippen LogP contribution in [0.3, 0.4) is 0 Å². The molecule has 0 atom stereocenters. The summed E-state index contributed by atoms with van der Waals surface area (Å²) in [6.07, 6.45) is 3.23. The zero-order valence-corrected chi connectivity index (χ0v) is 10.6. The number of carbonyl (C=O) groups excluding carboxylic acids is 1. The number of nitrogens with one attached hydrogen (secondary N) is 1. The highest BCUT2D eigenvalue weighted by Gasteiger charge is 2.10. The fourth-order valence-electron chi connectivity index (χ4n) is 1.98. The molecule has 0 aliphatic rings. The predicted molar refractivity (Wildman–Crippen MR) is 78.3 cm³/mol. The lowest BCUT2D eigenvalue weighted by molar-refractivity contribution is 0.102. The summed E-state index contributed by atoms with van der Waals surface area (Å²) in [7, 11) is 0. The number of rotatable bonds is 2. The third kappa shape index (κ3) is 2.29. The average Bonchev–Trinajstić information content (AvgIpc) is 2.49. The molecule has 0 spiro atoms. The largest absolute Gasteiger partial charge is 0.384 e. The van der Waals surface area contributed by atoms with Gasteiger partial charge in [0.05, 0.1) is 17.4 Å². The molecule has 3 aromatic rings. The number of nitrogens with two attached hydrogens (primary N) is 1. The number of aromatic nitrogens is 2. The van der Waals surface area contributed by atoms with Crippen molar-refractivity contribution in [2.45, 2.75) is 0 Å². The molecule has 3 rings (SSSR count). The third-order valence-electron chi connectivity index (χ3n) is 2.93. The van der Waals surface area contributed by atoms with E-state index in [2.05, 4.69) is 15.3 Å². The second-order valence-corrected chi connectivity index (χ2v) is 4.30. The van der Waals surface area contributed by atoms with Crippen LogP contribution in [0.5, 0.6) is 0 Å². The van der Waals surface area contributed by atoms with Crippen molar-refractivity contribution in [3.63, 3.8) is 0 Å². The third-order valence-corrected chi connectivity index (χ3v) is 2.93. The lowest BCUT2D eigenvalue weighted by Crippen LogP contribution is -2.12. The highest BCUT2D eigenvalue weighted by Crippen LogP contribution is 2.18. The average molecular weight is 264 g/mol. The van der Waals surface area contributed by atoms with Gasteiger partial charge in [-0.25, -0.2) is 4.98 Å². The van der Waals surface area contributed by atoms with Crippen LogP contribution in [0.25, 0.3) is 10.9 Å². The number of hydrogen-bond donors (Lipinski definition) is 2. The Morgan fingerprint density at radius 2 is 1.95 bits per heavy atom. The van der Waals surface area contributed by atoms with Crippen LogP contribution in [-0.4, -0.2) is 15.9 Å². The van der Waals surface area contributed by atoms with Crippen molar-refractivity contribution in [2.75, 3.05) is 11.1 Å². The maximum atomic E-state index is 12.3. The maximum absolute atomic E-state index is 12.3. The van der Waals surface area contributed by atoms with E-state index in [1.54, 1.807) is 24.4 Å². The molecule has 0 radical (unpaired) electrons. The molecule has 5 nitrogen and oxygen atoms in total. The summed E-state index contributed by atoms with van der Waals surface area (Å²) < 4.78 is 0. The molecule has 5 heteroatoms. The van der Waals surface area contributed by atoms with Crippen molar-refractivity contribution in [3.05, 3.63) is 60.4 Å². The fourth-order valence-corrected chi connectivity index (χ4v) is 1.98. The number of fused-ring (bicyclic) bond motifs is 1. The van der Waals surface area contributed by atoms with Gasteiger partial charge in [-0.2, -0.15) is 0 Å². The summed E-state index contributed by atoms with van der Waals surface area (Å²) in [5.41, 5.74) is 7.48. The zero-order chi connectivity index (χ0) is 13.9. The second kappa shape index (κ2) is 4.97. The lowest BCUT2D eigenvalue weighted by Gasteiger charge is -2.07. The highest BCUT2D eigenvalue weighted by atomic mass is 16.1. The van der Waals surface area contributed by atoms with Crippen LogP contribution in [0.4, 0.5) is 11.5 Å². The summed E-state index contributed by atoms with van der Waals surface area (Å²) >= 11 is 0. The summed E-state index contributed by atoms with van der Waals surface area (Å²) in [6, 6.07) is 12.5. The quantitative estimate of drug-likeness (QED) is 0.745. The molecule has 20 heavy (non-hydrogen) atoms. The fraction of sp³-hybridized carbons (Fsp3) is 0. The summed E-state index contributed by atoms with van der Waals surface area (Å²) in [5.74, 6) is 0.215. The van der Waals surface area contributed by atoms with E-state index in [1.165, 1.54) is 6.20 Å². The minimum absolute atomic E-state index is 0.199. The van der Waals surface area contributed by atoms with Crippen molar-refractivity contribution >= 4 is 28.3 Å².